The highest BCUT2D eigenvalue weighted by molar-refractivity contribution is 6.37. The van der Waals surface area contributed by atoms with Crippen molar-refractivity contribution in [3.05, 3.63) is 45.9 Å². The van der Waals surface area contributed by atoms with Crippen LogP contribution in [0.2, 0.25) is 10.0 Å². The summed E-state index contributed by atoms with van der Waals surface area (Å²) < 4.78 is 0. The topological polar surface area (TPSA) is 42.1 Å². The van der Waals surface area contributed by atoms with Crippen molar-refractivity contribution >= 4 is 40.5 Å². The van der Waals surface area contributed by atoms with Crippen molar-refractivity contribution in [3.8, 4) is 0 Å². The number of nitrogens with two attached hydrogens (primary N) is 1. The quantitative estimate of drug-likeness (QED) is 0.846. The number of halogens is 2. The number of benzene rings is 1. The van der Waals surface area contributed by atoms with Crippen LogP contribution in [0, 0.1) is 0 Å². The summed E-state index contributed by atoms with van der Waals surface area (Å²) in [5.41, 5.74) is 8.30. The average molecular weight is 308 g/mol. The molecule has 0 atom stereocenters. The van der Waals surface area contributed by atoms with Crippen LogP contribution >= 0.6 is 23.2 Å². The Morgan fingerprint density at radius 1 is 1.10 bits per heavy atom. The number of pyridine rings is 1. The Balaban J connectivity index is 2.12. The van der Waals surface area contributed by atoms with Gasteiger partial charge in [-0.1, -0.05) is 41.4 Å². The van der Waals surface area contributed by atoms with E-state index in [2.05, 4.69) is 28.1 Å². The lowest BCUT2D eigenvalue weighted by Gasteiger charge is -2.25. The third-order valence-corrected chi connectivity index (χ3v) is 4.13. The molecule has 2 N–H and O–H groups in total. The van der Waals surface area contributed by atoms with E-state index in [1.165, 1.54) is 5.56 Å². The van der Waals surface area contributed by atoms with Crippen LogP contribution in [0.4, 0.5) is 17.3 Å². The molecule has 3 nitrogen and oxygen atoms in total. The number of nitrogens with zero attached hydrogens (tertiary/aromatic N) is 2. The number of anilines is 3. The molecule has 2 heterocycles. The molecule has 0 aliphatic carbocycles. The summed E-state index contributed by atoms with van der Waals surface area (Å²) in [6.45, 7) is 0.880. The molecule has 0 amide bonds. The van der Waals surface area contributed by atoms with Gasteiger partial charge >= 0.3 is 0 Å². The molecule has 0 bridgehead atoms. The average Bonchev–Trinajstić information content (AvgIpc) is 2.65. The molecule has 3 rings (SSSR count). The molecule has 1 aliphatic rings. The molecular weight excluding hydrogens is 293 g/mol. The van der Waals surface area contributed by atoms with E-state index in [1.54, 1.807) is 6.07 Å². The lowest BCUT2D eigenvalue weighted by atomic mass is 10.1. The second-order valence-electron chi connectivity index (χ2n) is 4.90. The maximum atomic E-state index is 6.31. The van der Waals surface area contributed by atoms with Gasteiger partial charge in [0.25, 0.3) is 0 Å². The largest absolute Gasteiger partial charge is 0.382 e. The van der Waals surface area contributed by atoms with E-state index < -0.39 is 0 Å². The van der Waals surface area contributed by atoms with E-state index in [1.807, 2.05) is 6.07 Å². The van der Waals surface area contributed by atoms with E-state index in [0.717, 1.165) is 31.5 Å². The van der Waals surface area contributed by atoms with Crippen molar-refractivity contribution in [1.29, 1.82) is 0 Å². The molecule has 0 saturated heterocycles. The van der Waals surface area contributed by atoms with E-state index in [0.29, 0.717) is 21.7 Å². The summed E-state index contributed by atoms with van der Waals surface area (Å²) in [5.74, 6) is 0.996. The van der Waals surface area contributed by atoms with Gasteiger partial charge in [-0.15, -0.1) is 0 Å². The predicted molar refractivity (Wildman–Crippen MR) is 85.1 cm³/mol. The molecule has 20 heavy (non-hydrogen) atoms. The minimum atomic E-state index is 0.313. The molecule has 104 valence electrons. The summed E-state index contributed by atoms with van der Waals surface area (Å²) in [4.78, 5) is 6.51. The fourth-order valence-electron chi connectivity index (χ4n) is 2.57. The highest BCUT2D eigenvalue weighted by atomic mass is 35.5. The molecular formula is C15H15Cl2N3. The van der Waals surface area contributed by atoms with Gasteiger partial charge in [0.2, 0.25) is 0 Å². The highest BCUT2D eigenvalue weighted by Crippen LogP contribution is 2.37. The standard InChI is InChI=1S/C15H15Cl2N3/c16-11-9-12(17)15(19-14(11)18)20-8-4-3-6-10-5-1-2-7-13(10)20/h1-2,5,7,9H,3-4,6,8H2,(H2,18,19). The smallest absolute Gasteiger partial charge is 0.154 e. The summed E-state index contributed by atoms with van der Waals surface area (Å²) in [6.07, 6.45) is 3.33. The number of rotatable bonds is 1. The molecule has 1 aromatic carbocycles. The molecule has 0 unspecified atom stereocenters. The first-order valence-electron chi connectivity index (χ1n) is 6.64. The molecule has 0 spiro atoms. The fraction of sp³-hybridized carbons (Fsp3) is 0.267. The van der Waals surface area contributed by atoms with Gasteiger partial charge in [-0.2, -0.15) is 0 Å². The second-order valence-corrected chi connectivity index (χ2v) is 5.71. The lowest BCUT2D eigenvalue weighted by molar-refractivity contribution is 0.758. The normalized spacial score (nSPS) is 14.8. The van der Waals surface area contributed by atoms with Gasteiger partial charge in [0.15, 0.2) is 5.82 Å². The zero-order valence-corrected chi connectivity index (χ0v) is 12.5. The number of aromatic nitrogens is 1. The SMILES string of the molecule is Nc1nc(N2CCCCc3ccccc32)c(Cl)cc1Cl. The number of fused-ring (bicyclic) bond motifs is 1. The van der Waals surface area contributed by atoms with Crippen molar-refractivity contribution < 1.29 is 0 Å². The Morgan fingerprint density at radius 3 is 2.75 bits per heavy atom. The van der Waals surface area contributed by atoms with Crippen LogP contribution in [-0.2, 0) is 6.42 Å². The first-order valence-corrected chi connectivity index (χ1v) is 7.39. The molecule has 0 radical (unpaired) electrons. The molecule has 1 aromatic heterocycles. The maximum absolute atomic E-state index is 6.31. The maximum Gasteiger partial charge on any atom is 0.154 e. The molecule has 0 fully saturated rings. The molecule has 5 heteroatoms. The summed E-state index contributed by atoms with van der Waals surface area (Å²) in [7, 11) is 0. The third-order valence-electron chi connectivity index (χ3n) is 3.55. The van der Waals surface area contributed by atoms with Crippen LogP contribution in [0.1, 0.15) is 18.4 Å². The van der Waals surface area contributed by atoms with Crippen molar-refractivity contribution in [2.24, 2.45) is 0 Å². The predicted octanol–water partition coefficient (Wildman–Crippen LogP) is 4.45. The van der Waals surface area contributed by atoms with Gasteiger partial charge < -0.3 is 10.6 Å². The monoisotopic (exact) mass is 307 g/mol. The van der Waals surface area contributed by atoms with Gasteiger partial charge in [-0.25, -0.2) is 4.98 Å². The lowest BCUT2D eigenvalue weighted by Crippen LogP contribution is -2.20. The van der Waals surface area contributed by atoms with Crippen molar-refractivity contribution in [2.45, 2.75) is 19.3 Å². The van der Waals surface area contributed by atoms with E-state index in [-0.39, 0.29) is 0 Å². The van der Waals surface area contributed by atoms with E-state index >= 15 is 0 Å². The van der Waals surface area contributed by atoms with Gasteiger partial charge in [0.1, 0.15) is 5.82 Å². The Morgan fingerprint density at radius 2 is 1.90 bits per heavy atom. The summed E-state index contributed by atoms with van der Waals surface area (Å²) >= 11 is 12.3. The number of nitrogen functional groups attached to an aromatic ring is 1. The van der Waals surface area contributed by atoms with Gasteiger partial charge in [0, 0.05) is 12.2 Å². The summed E-state index contributed by atoms with van der Waals surface area (Å²) in [6, 6.07) is 10.0. The van der Waals surface area contributed by atoms with E-state index in [4.69, 9.17) is 28.9 Å². The van der Waals surface area contributed by atoms with Gasteiger partial charge in [-0.05, 0) is 37.0 Å². The van der Waals surface area contributed by atoms with Crippen LogP contribution in [0.25, 0.3) is 0 Å². The van der Waals surface area contributed by atoms with Crippen molar-refractivity contribution in [2.75, 3.05) is 17.2 Å². The first-order chi connectivity index (χ1) is 9.66. The van der Waals surface area contributed by atoms with Crippen molar-refractivity contribution in [1.82, 2.24) is 4.98 Å². The zero-order chi connectivity index (χ0) is 14.1. The Kier molecular flexibility index (Phi) is 3.72. The van der Waals surface area contributed by atoms with Gasteiger partial charge in [-0.3, -0.25) is 0 Å². The van der Waals surface area contributed by atoms with Crippen LogP contribution in [-0.4, -0.2) is 11.5 Å². The number of aryl methyl sites for hydroxylation is 1. The minimum Gasteiger partial charge on any atom is -0.382 e. The van der Waals surface area contributed by atoms with Crippen LogP contribution in [0.15, 0.2) is 30.3 Å². The van der Waals surface area contributed by atoms with Gasteiger partial charge in [0.05, 0.1) is 10.0 Å². The van der Waals surface area contributed by atoms with Crippen LogP contribution < -0.4 is 10.6 Å². The first kappa shape index (κ1) is 13.5. The molecule has 1 aliphatic heterocycles. The third kappa shape index (κ3) is 2.43. The molecule has 0 saturated carbocycles. The summed E-state index contributed by atoms with van der Waals surface area (Å²) in [5, 5.41) is 0.919. The molecule has 2 aromatic rings. The Labute approximate surface area is 128 Å². The van der Waals surface area contributed by atoms with Crippen LogP contribution in [0.3, 0.4) is 0 Å². The van der Waals surface area contributed by atoms with Crippen LogP contribution in [0.5, 0.6) is 0 Å². The minimum absolute atomic E-state index is 0.313. The fourth-order valence-corrected chi connectivity index (χ4v) is 3.03. The Hall–Kier alpha value is -1.45. The highest BCUT2D eigenvalue weighted by Gasteiger charge is 2.20. The second kappa shape index (κ2) is 5.51. The Bertz CT molecular complexity index is 643. The van der Waals surface area contributed by atoms with E-state index in [9.17, 15) is 0 Å². The van der Waals surface area contributed by atoms with Crippen molar-refractivity contribution in [3.63, 3.8) is 0 Å². The number of para-hydroxylation sites is 1. The zero-order valence-electron chi connectivity index (χ0n) is 10.9. The number of hydrogen-bond acceptors (Lipinski definition) is 3. The number of hydrogen-bond donors (Lipinski definition) is 1.